The summed E-state index contributed by atoms with van der Waals surface area (Å²) in [7, 11) is 1.46. The number of hydrogen-bond donors (Lipinski definition) is 10. The maximum atomic E-state index is 13.0. The minimum Gasteiger partial charge on any atom is -0.497 e. The van der Waals surface area contributed by atoms with Crippen LogP contribution in [0, 0.1) is 0 Å². The first-order valence-electron chi connectivity index (χ1n) is 20.2. The van der Waals surface area contributed by atoms with Crippen LogP contribution in [-0.4, -0.2) is 152 Å². The SMILES string of the molecule is COc1ccc(O[C@@H]2O[C@H](CO[C@]3(C(=O)O)C[C@H](O)[C@@H](NC(=O)CO)[C@H]([C@H](O)[C@H](O)CNC(=O)CCCc4cc5cccc6ccc7cccc4c7c65)O3)[C@H](O)[C@H](O)[C@H]2O)cc1. The Kier molecular flexibility index (Phi) is 13.7. The van der Waals surface area contributed by atoms with Gasteiger partial charge in [0.1, 0.15) is 54.7 Å². The zero-order chi connectivity index (χ0) is 44.3. The maximum absolute atomic E-state index is 13.0. The molecule has 18 heteroatoms. The van der Waals surface area contributed by atoms with Crippen LogP contribution in [0.4, 0.5) is 0 Å². The van der Waals surface area contributed by atoms with Gasteiger partial charge in [0, 0.05) is 19.4 Å². The van der Waals surface area contributed by atoms with E-state index in [1.54, 1.807) is 12.1 Å². The van der Waals surface area contributed by atoms with Crippen LogP contribution in [0.25, 0.3) is 32.3 Å². The maximum Gasteiger partial charge on any atom is 0.364 e. The van der Waals surface area contributed by atoms with Gasteiger partial charge in [0.15, 0.2) is 0 Å². The van der Waals surface area contributed by atoms with Gasteiger partial charge in [-0.05, 0) is 75.0 Å². The molecule has 2 amide bonds. The second-order valence-corrected chi connectivity index (χ2v) is 15.6. The molecule has 11 atom stereocenters. The molecule has 2 aliphatic heterocycles. The van der Waals surface area contributed by atoms with Crippen LogP contribution in [-0.2, 0) is 35.0 Å². The summed E-state index contributed by atoms with van der Waals surface area (Å²) in [5, 5.41) is 97.0. The number of aliphatic hydroxyl groups excluding tert-OH is 7. The molecule has 10 N–H and O–H groups in total. The fraction of sp³-hybridized carbons (Fsp3) is 0.432. The zero-order valence-corrected chi connectivity index (χ0v) is 33.6. The van der Waals surface area contributed by atoms with Crippen molar-refractivity contribution in [3.05, 3.63) is 84.4 Å². The van der Waals surface area contributed by atoms with Gasteiger partial charge < -0.3 is 75.2 Å². The Hall–Kier alpha value is -5.25. The molecule has 7 rings (SSSR count). The summed E-state index contributed by atoms with van der Waals surface area (Å²) in [6.45, 7) is -2.45. The Morgan fingerprint density at radius 3 is 2.23 bits per heavy atom. The number of amides is 2. The standard InChI is InChI=1S/C44H50N2O16/c1-58-26-13-15-27(16-14-26)60-42-40(55)39(54)38(53)31(61-42)21-59-44(43(56)57)18-29(48)36(46-33(51)20-47)41(62-44)37(52)30(49)19-45-32(50)10-4-7-24-17-25-8-2-5-22-11-12-23-6-3-9-28(24)35(23)34(22)25/h2-3,5-6,8-9,11-17,29-31,36-42,47-49,52-55H,4,7,10,18-21H2,1H3,(H,45,50)(H,46,51)(H,56,57)/t29-,30+,31+,36+,37+,38-,39-,40+,41+,42+,44+/m0/s1. The lowest BCUT2D eigenvalue weighted by atomic mass is 9.88. The third-order valence-electron chi connectivity index (χ3n) is 11.5. The number of hydrogen-bond acceptors (Lipinski definition) is 15. The lowest BCUT2D eigenvalue weighted by molar-refractivity contribution is -0.331. The van der Waals surface area contributed by atoms with Crippen molar-refractivity contribution < 1.29 is 78.9 Å². The molecule has 5 aromatic rings. The molecule has 0 aromatic heterocycles. The summed E-state index contributed by atoms with van der Waals surface area (Å²) >= 11 is 0. The highest BCUT2D eigenvalue weighted by Crippen LogP contribution is 2.38. The fourth-order valence-corrected chi connectivity index (χ4v) is 8.23. The number of aryl methyl sites for hydroxylation is 1. The largest absolute Gasteiger partial charge is 0.497 e. The van der Waals surface area contributed by atoms with Crippen LogP contribution in [0.3, 0.4) is 0 Å². The van der Waals surface area contributed by atoms with Crippen LogP contribution in [0.2, 0.25) is 0 Å². The van der Waals surface area contributed by atoms with Crippen molar-refractivity contribution >= 4 is 50.1 Å². The number of carbonyl (C=O) groups is 3. The molecular formula is C44H50N2O16. The number of ether oxygens (including phenoxy) is 5. The lowest BCUT2D eigenvalue weighted by Gasteiger charge is -2.47. The van der Waals surface area contributed by atoms with E-state index in [4.69, 9.17) is 23.7 Å². The van der Waals surface area contributed by atoms with Gasteiger partial charge in [-0.1, -0.05) is 54.6 Å². The van der Waals surface area contributed by atoms with E-state index in [2.05, 4.69) is 53.1 Å². The van der Waals surface area contributed by atoms with Gasteiger partial charge in [-0.15, -0.1) is 0 Å². The highest BCUT2D eigenvalue weighted by atomic mass is 16.7. The number of aliphatic hydroxyl groups is 7. The van der Waals surface area contributed by atoms with Gasteiger partial charge >= 0.3 is 5.97 Å². The molecule has 62 heavy (non-hydrogen) atoms. The Labute approximate surface area is 354 Å². The molecule has 2 heterocycles. The Bertz CT molecular complexity index is 2350. The minimum atomic E-state index is -2.82. The van der Waals surface area contributed by atoms with Gasteiger partial charge in [-0.25, -0.2) is 4.79 Å². The Morgan fingerprint density at radius 2 is 1.53 bits per heavy atom. The van der Waals surface area contributed by atoms with Crippen LogP contribution >= 0.6 is 0 Å². The van der Waals surface area contributed by atoms with E-state index in [1.807, 2.05) is 12.1 Å². The van der Waals surface area contributed by atoms with Crippen molar-refractivity contribution in [2.45, 2.75) is 92.6 Å². The smallest absolute Gasteiger partial charge is 0.364 e. The lowest BCUT2D eigenvalue weighted by Crippen LogP contribution is -2.69. The normalized spacial score (nSPS) is 27.5. The molecule has 0 aliphatic carbocycles. The van der Waals surface area contributed by atoms with Crippen molar-refractivity contribution in [1.29, 1.82) is 0 Å². The van der Waals surface area contributed by atoms with Gasteiger partial charge in [0.2, 0.25) is 18.1 Å². The molecule has 2 aliphatic rings. The van der Waals surface area contributed by atoms with Gasteiger partial charge in [0.05, 0.1) is 32.0 Å². The summed E-state index contributed by atoms with van der Waals surface area (Å²) in [5.41, 5.74) is 1.07. The van der Waals surface area contributed by atoms with E-state index >= 15 is 0 Å². The Balaban J connectivity index is 0.998. The third-order valence-corrected chi connectivity index (χ3v) is 11.5. The van der Waals surface area contributed by atoms with Gasteiger partial charge in [-0.2, -0.15) is 0 Å². The quantitative estimate of drug-likeness (QED) is 0.0554. The molecule has 2 saturated heterocycles. The minimum absolute atomic E-state index is 0.0541. The second-order valence-electron chi connectivity index (χ2n) is 15.6. The summed E-state index contributed by atoms with van der Waals surface area (Å²) in [6.07, 6.45) is -16.1. The highest BCUT2D eigenvalue weighted by molar-refractivity contribution is 6.23. The number of nitrogens with one attached hydrogen (secondary N) is 2. The van der Waals surface area contributed by atoms with Crippen LogP contribution in [0.1, 0.15) is 24.8 Å². The molecular weight excluding hydrogens is 812 g/mol. The monoisotopic (exact) mass is 862 g/mol. The molecule has 2 fully saturated rings. The van der Waals surface area contributed by atoms with Crippen molar-refractivity contribution in [2.24, 2.45) is 0 Å². The highest BCUT2D eigenvalue weighted by Gasteiger charge is 2.57. The Morgan fingerprint density at radius 1 is 0.855 bits per heavy atom. The van der Waals surface area contributed by atoms with E-state index in [9.17, 15) is 55.2 Å². The summed E-state index contributed by atoms with van der Waals surface area (Å²) in [5.74, 6) is -5.46. The average Bonchev–Trinajstić information content (AvgIpc) is 3.27. The molecule has 0 saturated carbocycles. The zero-order valence-electron chi connectivity index (χ0n) is 33.6. The van der Waals surface area contributed by atoms with Gasteiger partial charge in [0.25, 0.3) is 5.79 Å². The molecule has 18 nitrogen and oxygen atoms in total. The number of methoxy groups -OCH3 is 1. The summed E-state index contributed by atoms with van der Waals surface area (Å²) in [4.78, 5) is 38.1. The van der Waals surface area contributed by atoms with Crippen molar-refractivity contribution in [2.75, 3.05) is 26.9 Å². The van der Waals surface area contributed by atoms with Crippen molar-refractivity contribution in [3.63, 3.8) is 0 Å². The predicted octanol–water partition coefficient (Wildman–Crippen LogP) is 0.0643. The summed E-state index contributed by atoms with van der Waals surface area (Å²) in [6, 6.07) is 23.0. The van der Waals surface area contributed by atoms with Crippen LogP contribution < -0.4 is 20.1 Å². The molecule has 0 radical (unpaired) electrons. The van der Waals surface area contributed by atoms with Crippen LogP contribution in [0.5, 0.6) is 11.5 Å². The number of carboxylic acid groups (broad SMARTS) is 1. The number of aliphatic carboxylic acids is 1. The number of benzene rings is 5. The van der Waals surface area contributed by atoms with E-state index in [1.165, 1.54) is 24.6 Å². The first kappa shape index (κ1) is 44.8. The molecule has 0 spiro atoms. The van der Waals surface area contributed by atoms with Crippen molar-refractivity contribution in [3.8, 4) is 11.5 Å². The number of carbonyl (C=O) groups excluding carboxylic acids is 2. The number of rotatable bonds is 17. The van der Waals surface area contributed by atoms with E-state index < -0.39 is 111 Å². The molecule has 5 aromatic carbocycles. The predicted molar refractivity (Wildman–Crippen MR) is 219 cm³/mol. The summed E-state index contributed by atoms with van der Waals surface area (Å²) < 4.78 is 27.9. The van der Waals surface area contributed by atoms with E-state index in [0.29, 0.717) is 18.6 Å². The third kappa shape index (κ3) is 9.25. The topological polar surface area (TPSA) is 283 Å². The van der Waals surface area contributed by atoms with E-state index in [0.717, 1.165) is 32.5 Å². The fourth-order valence-electron chi connectivity index (χ4n) is 8.23. The average molecular weight is 863 g/mol. The van der Waals surface area contributed by atoms with E-state index in [-0.39, 0.29) is 12.2 Å². The van der Waals surface area contributed by atoms with Gasteiger partial charge in [-0.3, -0.25) is 9.59 Å². The second kappa shape index (κ2) is 19.0. The molecule has 0 unspecified atom stereocenters. The van der Waals surface area contributed by atoms with Crippen molar-refractivity contribution in [1.82, 2.24) is 10.6 Å². The number of carboxylic acids is 1. The first-order chi connectivity index (χ1) is 29.7. The molecule has 332 valence electrons. The van der Waals surface area contributed by atoms with Crippen LogP contribution in [0.15, 0.2) is 78.9 Å². The molecule has 0 bridgehead atoms. The first-order valence-corrected chi connectivity index (χ1v) is 20.2.